The first-order valence-corrected chi connectivity index (χ1v) is 6.80. The van der Waals surface area contributed by atoms with Crippen LogP contribution in [0.1, 0.15) is 19.4 Å². The zero-order chi connectivity index (χ0) is 13.1. The molecular formula is C12H18N2O2S. The lowest BCUT2D eigenvalue weighted by atomic mass is 10.2. The molecule has 0 atom stereocenters. The van der Waals surface area contributed by atoms with Crippen molar-refractivity contribution in [1.29, 1.82) is 0 Å². The summed E-state index contributed by atoms with van der Waals surface area (Å²) in [5.74, 6) is 0. The summed E-state index contributed by atoms with van der Waals surface area (Å²) in [7, 11) is -3.52. The number of nitrogens with two attached hydrogens (primary N) is 1. The first-order chi connectivity index (χ1) is 7.83. The van der Waals surface area contributed by atoms with Crippen LogP contribution in [-0.2, 0) is 10.0 Å². The minimum absolute atomic E-state index is 0.130. The van der Waals surface area contributed by atoms with Gasteiger partial charge in [0, 0.05) is 6.54 Å². The van der Waals surface area contributed by atoms with Gasteiger partial charge in [0.25, 0.3) is 0 Å². The Morgan fingerprint density at radius 2 is 2.06 bits per heavy atom. The molecule has 4 nitrogen and oxygen atoms in total. The van der Waals surface area contributed by atoms with E-state index in [0.29, 0.717) is 0 Å². The Labute approximate surface area is 103 Å². The topological polar surface area (TPSA) is 72.2 Å². The third-order valence-corrected chi connectivity index (χ3v) is 3.74. The summed E-state index contributed by atoms with van der Waals surface area (Å²) in [5.41, 5.74) is 7.97. The van der Waals surface area contributed by atoms with Crippen LogP contribution in [0.2, 0.25) is 0 Å². The number of nitrogens with one attached hydrogen (secondary N) is 1. The van der Waals surface area contributed by atoms with Gasteiger partial charge in [0.15, 0.2) is 0 Å². The lowest BCUT2D eigenvalue weighted by Gasteiger charge is -2.08. The molecule has 0 spiro atoms. The molecule has 0 aliphatic carbocycles. The highest BCUT2D eigenvalue weighted by Crippen LogP contribution is 2.18. The fraction of sp³-hybridized carbons (Fsp3) is 0.333. The molecular weight excluding hydrogens is 236 g/mol. The van der Waals surface area contributed by atoms with E-state index in [1.54, 1.807) is 12.1 Å². The Morgan fingerprint density at radius 1 is 1.41 bits per heavy atom. The van der Waals surface area contributed by atoms with Gasteiger partial charge in [0.1, 0.15) is 4.90 Å². The number of rotatable bonds is 4. The Hall–Kier alpha value is -1.33. The minimum Gasteiger partial charge on any atom is -0.398 e. The van der Waals surface area contributed by atoms with Crippen LogP contribution < -0.4 is 10.5 Å². The summed E-state index contributed by atoms with van der Waals surface area (Å²) in [4.78, 5) is 0.130. The van der Waals surface area contributed by atoms with Gasteiger partial charge < -0.3 is 5.73 Å². The third-order valence-electron chi connectivity index (χ3n) is 2.24. The molecule has 0 radical (unpaired) electrons. The van der Waals surface area contributed by atoms with Crippen LogP contribution in [0.4, 0.5) is 5.69 Å². The van der Waals surface area contributed by atoms with Crippen molar-refractivity contribution in [1.82, 2.24) is 4.72 Å². The van der Waals surface area contributed by atoms with E-state index < -0.39 is 10.0 Å². The summed E-state index contributed by atoms with van der Waals surface area (Å²) in [5, 5.41) is 0. The Bertz CT molecular complexity index is 529. The van der Waals surface area contributed by atoms with Crippen LogP contribution in [0.15, 0.2) is 34.7 Å². The summed E-state index contributed by atoms with van der Waals surface area (Å²) >= 11 is 0. The molecule has 0 bridgehead atoms. The van der Waals surface area contributed by atoms with Gasteiger partial charge in [-0.1, -0.05) is 17.7 Å². The maximum atomic E-state index is 11.9. The second-order valence-electron chi connectivity index (χ2n) is 4.17. The molecule has 1 aromatic carbocycles. The van der Waals surface area contributed by atoms with Gasteiger partial charge in [0.05, 0.1) is 5.69 Å². The SMILES string of the molecule is CC(C)=CCNS(=O)(=O)c1ccc(C)cc1N. The number of allylic oxidation sites excluding steroid dienone is 1. The predicted molar refractivity (Wildman–Crippen MR) is 70.2 cm³/mol. The predicted octanol–water partition coefficient (Wildman–Crippen LogP) is 1.82. The fourth-order valence-corrected chi connectivity index (χ4v) is 2.42. The van der Waals surface area contributed by atoms with E-state index in [-0.39, 0.29) is 17.1 Å². The van der Waals surface area contributed by atoms with Crippen molar-refractivity contribution in [2.75, 3.05) is 12.3 Å². The standard InChI is InChI=1S/C12H18N2O2S/c1-9(2)6-7-14-17(15,16)12-5-4-10(3)8-11(12)13/h4-6,8,14H,7,13H2,1-3H3. The molecule has 0 saturated heterocycles. The van der Waals surface area contributed by atoms with Crippen LogP contribution in [0.25, 0.3) is 0 Å². The number of nitrogen functional groups attached to an aromatic ring is 1. The number of aryl methyl sites for hydroxylation is 1. The first-order valence-electron chi connectivity index (χ1n) is 5.32. The molecule has 5 heteroatoms. The molecule has 0 aliphatic rings. The first kappa shape index (κ1) is 13.7. The maximum absolute atomic E-state index is 11.9. The molecule has 0 fully saturated rings. The Kier molecular flexibility index (Phi) is 4.31. The van der Waals surface area contributed by atoms with Crippen molar-refractivity contribution in [3.8, 4) is 0 Å². The molecule has 17 heavy (non-hydrogen) atoms. The van der Waals surface area contributed by atoms with Gasteiger partial charge in [0.2, 0.25) is 10.0 Å². The molecule has 1 rings (SSSR count). The van der Waals surface area contributed by atoms with Crippen molar-refractivity contribution in [2.24, 2.45) is 0 Å². The molecule has 1 aromatic rings. The zero-order valence-electron chi connectivity index (χ0n) is 10.3. The van der Waals surface area contributed by atoms with E-state index in [2.05, 4.69) is 4.72 Å². The van der Waals surface area contributed by atoms with Crippen LogP contribution in [0.3, 0.4) is 0 Å². The second kappa shape index (κ2) is 5.33. The number of benzene rings is 1. The zero-order valence-corrected chi connectivity index (χ0v) is 11.1. The highest BCUT2D eigenvalue weighted by molar-refractivity contribution is 7.89. The van der Waals surface area contributed by atoms with Crippen molar-refractivity contribution < 1.29 is 8.42 Å². The largest absolute Gasteiger partial charge is 0.398 e. The lowest BCUT2D eigenvalue weighted by molar-refractivity contribution is 0.586. The van der Waals surface area contributed by atoms with Gasteiger partial charge >= 0.3 is 0 Å². The van der Waals surface area contributed by atoms with E-state index in [1.807, 2.05) is 26.8 Å². The molecule has 0 aliphatic heterocycles. The number of sulfonamides is 1. The van der Waals surface area contributed by atoms with Crippen LogP contribution in [0, 0.1) is 6.92 Å². The fourth-order valence-electron chi connectivity index (χ4n) is 1.35. The van der Waals surface area contributed by atoms with Gasteiger partial charge in [-0.2, -0.15) is 0 Å². The summed E-state index contributed by atoms with van der Waals surface area (Å²) in [6.07, 6.45) is 1.81. The van der Waals surface area contributed by atoms with Crippen molar-refractivity contribution in [2.45, 2.75) is 25.7 Å². The number of anilines is 1. The average Bonchev–Trinajstić information content (AvgIpc) is 2.15. The van der Waals surface area contributed by atoms with E-state index in [9.17, 15) is 8.42 Å². The van der Waals surface area contributed by atoms with Crippen molar-refractivity contribution in [3.63, 3.8) is 0 Å². The average molecular weight is 254 g/mol. The molecule has 3 N–H and O–H groups in total. The molecule has 0 saturated carbocycles. The number of hydrogen-bond donors (Lipinski definition) is 2. The smallest absolute Gasteiger partial charge is 0.242 e. The summed E-state index contributed by atoms with van der Waals surface area (Å²) in [6.45, 7) is 5.96. The summed E-state index contributed by atoms with van der Waals surface area (Å²) < 4.78 is 26.3. The molecule has 0 unspecified atom stereocenters. The highest BCUT2D eigenvalue weighted by atomic mass is 32.2. The molecule has 0 amide bonds. The molecule has 94 valence electrons. The third kappa shape index (κ3) is 3.87. The van der Waals surface area contributed by atoms with E-state index >= 15 is 0 Å². The van der Waals surface area contributed by atoms with Gasteiger partial charge in [-0.3, -0.25) is 0 Å². The van der Waals surface area contributed by atoms with Crippen LogP contribution >= 0.6 is 0 Å². The second-order valence-corrected chi connectivity index (χ2v) is 5.91. The van der Waals surface area contributed by atoms with Crippen LogP contribution in [0.5, 0.6) is 0 Å². The quantitative estimate of drug-likeness (QED) is 0.636. The Morgan fingerprint density at radius 3 is 2.59 bits per heavy atom. The van der Waals surface area contributed by atoms with E-state index in [1.165, 1.54) is 6.07 Å². The highest BCUT2D eigenvalue weighted by Gasteiger charge is 2.15. The number of hydrogen-bond acceptors (Lipinski definition) is 3. The molecule has 0 heterocycles. The van der Waals surface area contributed by atoms with Crippen molar-refractivity contribution in [3.05, 3.63) is 35.4 Å². The van der Waals surface area contributed by atoms with E-state index in [4.69, 9.17) is 5.73 Å². The maximum Gasteiger partial charge on any atom is 0.242 e. The van der Waals surface area contributed by atoms with Crippen molar-refractivity contribution >= 4 is 15.7 Å². The summed E-state index contributed by atoms with van der Waals surface area (Å²) in [6, 6.07) is 4.90. The molecule has 0 aromatic heterocycles. The Balaban J connectivity index is 2.94. The van der Waals surface area contributed by atoms with E-state index in [0.717, 1.165) is 11.1 Å². The minimum atomic E-state index is -3.52. The lowest BCUT2D eigenvalue weighted by Crippen LogP contribution is -2.24. The van der Waals surface area contributed by atoms with Gasteiger partial charge in [-0.05, 0) is 38.5 Å². The van der Waals surface area contributed by atoms with Gasteiger partial charge in [-0.25, -0.2) is 13.1 Å². The normalized spacial score (nSPS) is 11.2. The van der Waals surface area contributed by atoms with Gasteiger partial charge in [-0.15, -0.1) is 0 Å². The monoisotopic (exact) mass is 254 g/mol. The van der Waals surface area contributed by atoms with Crippen LogP contribution in [-0.4, -0.2) is 15.0 Å².